The molecule has 0 unspecified atom stereocenters. The van der Waals surface area contributed by atoms with Crippen LogP contribution < -0.4 is 19.2 Å². The van der Waals surface area contributed by atoms with Crippen molar-refractivity contribution < 1.29 is 0 Å². The zero-order valence-electron chi connectivity index (χ0n) is 20.9. The first kappa shape index (κ1) is 25.4. The van der Waals surface area contributed by atoms with Crippen molar-refractivity contribution in [2.45, 2.75) is 0 Å². The minimum atomic E-state index is -3.86. The average molecular weight is 653 g/mol. The summed E-state index contributed by atoms with van der Waals surface area (Å²) in [5, 5.41) is 9.56. The van der Waals surface area contributed by atoms with Crippen molar-refractivity contribution in [2.24, 2.45) is 10.2 Å². The number of benzene rings is 5. The van der Waals surface area contributed by atoms with Crippen LogP contribution in [0.25, 0.3) is 0 Å². The van der Waals surface area contributed by atoms with Gasteiger partial charge in [-0.05, 0) is 0 Å². The predicted octanol–water partition coefficient (Wildman–Crippen LogP) is 6.31. The Bertz CT molecular complexity index is 1390. The van der Waals surface area contributed by atoms with Crippen molar-refractivity contribution in [3.05, 3.63) is 138 Å². The van der Waals surface area contributed by atoms with Crippen LogP contribution in [0.3, 0.4) is 0 Å². The molecule has 0 radical (unpaired) electrons. The van der Waals surface area contributed by atoms with Crippen molar-refractivity contribution in [1.29, 1.82) is 0 Å². The summed E-state index contributed by atoms with van der Waals surface area (Å²) in [6, 6.07) is 47.6. The first-order valence-corrected chi connectivity index (χ1v) is 18.7. The van der Waals surface area contributed by atoms with Crippen LogP contribution in [-0.2, 0) is 0 Å². The minimum absolute atomic E-state index is 0.825. The molecule has 0 N–H and O–H groups in total. The van der Waals surface area contributed by atoms with Crippen molar-refractivity contribution >= 4 is 65.7 Å². The fourth-order valence-corrected chi connectivity index (χ4v) is 19.1. The molecule has 0 heterocycles. The van der Waals surface area contributed by atoms with Gasteiger partial charge in [-0.2, -0.15) is 0 Å². The second kappa shape index (κ2) is 11.4. The quantitative estimate of drug-likeness (QED) is 0.150. The first-order chi connectivity index (χ1) is 18.1. The van der Waals surface area contributed by atoms with Crippen LogP contribution in [-0.4, -0.2) is 32.5 Å². The Morgan fingerprint density at radius 1 is 0.568 bits per heavy atom. The van der Waals surface area contributed by atoms with Gasteiger partial charge in [0, 0.05) is 0 Å². The van der Waals surface area contributed by atoms with E-state index in [0.717, 1.165) is 21.5 Å². The predicted molar refractivity (Wildman–Crippen MR) is 163 cm³/mol. The molecule has 3 nitrogen and oxygen atoms in total. The molecule has 37 heavy (non-hydrogen) atoms. The van der Waals surface area contributed by atoms with Gasteiger partial charge in [0.15, 0.2) is 0 Å². The van der Waals surface area contributed by atoms with Gasteiger partial charge in [0.1, 0.15) is 0 Å². The molecule has 0 atom stereocenters. The van der Waals surface area contributed by atoms with E-state index >= 15 is 0 Å². The van der Waals surface area contributed by atoms with Crippen LogP contribution in [0, 0.1) is 0 Å². The summed E-state index contributed by atoms with van der Waals surface area (Å²) < 4.78 is 6.44. The van der Waals surface area contributed by atoms with Crippen LogP contribution in [0.4, 0.5) is 17.1 Å². The fraction of sp³-hybridized carbons (Fsp3) is 0.0625. The number of rotatable bonds is 7. The molecular weight excluding hydrogens is 625 g/mol. The molecule has 5 aromatic rings. The van der Waals surface area contributed by atoms with E-state index in [4.69, 9.17) is 5.11 Å². The zero-order chi connectivity index (χ0) is 25.7. The van der Waals surface area contributed by atoms with Gasteiger partial charge in [0.2, 0.25) is 0 Å². The molecule has 0 saturated carbocycles. The molecule has 0 aromatic heterocycles. The summed E-state index contributed by atoms with van der Waals surface area (Å²) in [4.78, 5) is 2.16. The van der Waals surface area contributed by atoms with Gasteiger partial charge >= 0.3 is 233 Å². The number of hydrogen-bond donors (Lipinski definition) is 0. The summed E-state index contributed by atoms with van der Waals surface area (Å²) >= 11 is -0.348. The molecule has 5 rings (SSSR count). The summed E-state index contributed by atoms with van der Waals surface area (Å²) in [5.41, 5.74) is 2.90. The standard InChI is InChI=1S/C14H13BrN3.3C6H5.Sn/c1-18(2)14-9-7-13(8-10-14)17-16-12-5-3-11(15)4-6-12;3*1-2-4-6-5-3-1;/h3-7,9-10H,1-2H3;3*1-5H;. The molecule has 0 fully saturated rings. The Kier molecular flexibility index (Phi) is 7.87. The molecule has 5 aromatic carbocycles. The molecule has 5 heteroatoms. The zero-order valence-corrected chi connectivity index (χ0v) is 25.4. The van der Waals surface area contributed by atoms with Crippen LogP contribution in [0.1, 0.15) is 0 Å². The van der Waals surface area contributed by atoms with E-state index in [1.807, 2.05) is 24.3 Å². The molecular formula is C32H28BrN3Sn. The van der Waals surface area contributed by atoms with E-state index in [2.05, 4.69) is 149 Å². The van der Waals surface area contributed by atoms with Gasteiger partial charge < -0.3 is 0 Å². The Morgan fingerprint density at radius 3 is 1.51 bits per heavy atom. The normalized spacial score (nSPS) is 11.5. The van der Waals surface area contributed by atoms with Crippen molar-refractivity contribution in [2.75, 3.05) is 19.0 Å². The third-order valence-electron chi connectivity index (χ3n) is 6.62. The van der Waals surface area contributed by atoms with Gasteiger partial charge in [-0.3, -0.25) is 0 Å². The van der Waals surface area contributed by atoms with Crippen LogP contribution in [0.5, 0.6) is 0 Å². The van der Waals surface area contributed by atoms with Gasteiger partial charge in [-0.15, -0.1) is 0 Å². The number of nitrogens with zero attached hydrogens (tertiary/aromatic N) is 3. The van der Waals surface area contributed by atoms with E-state index in [1.54, 1.807) is 0 Å². The van der Waals surface area contributed by atoms with Gasteiger partial charge in [0.05, 0.1) is 0 Å². The number of azo groups is 1. The van der Waals surface area contributed by atoms with E-state index in [9.17, 15) is 0 Å². The van der Waals surface area contributed by atoms with Crippen molar-refractivity contribution in [3.8, 4) is 0 Å². The topological polar surface area (TPSA) is 28.0 Å². The third kappa shape index (κ3) is 5.27. The second-order valence-electron chi connectivity index (χ2n) is 9.12. The molecule has 0 saturated heterocycles. The van der Waals surface area contributed by atoms with Crippen molar-refractivity contribution in [3.63, 3.8) is 0 Å². The number of anilines is 1. The summed E-state index contributed by atoms with van der Waals surface area (Å²) in [5.74, 6) is 0. The van der Waals surface area contributed by atoms with Crippen LogP contribution in [0.2, 0.25) is 0 Å². The molecule has 0 aliphatic heterocycles. The van der Waals surface area contributed by atoms with Gasteiger partial charge in [-0.25, -0.2) is 0 Å². The van der Waals surface area contributed by atoms with Crippen LogP contribution in [0.15, 0.2) is 148 Å². The Labute approximate surface area is 231 Å². The van der Waals surface area contributed by atoms with E-state index in [1.165, 1.54) is 14.3 Å². The van der Waals surface area contributed by atoms with Crippen molar-refractivity contribution in [1.82, 2.24) is 0 Å². The van der Waals surface area contributed by atoms with Crippen LogP contribution >= 0.6 is 15.9 Å². The summed E-state index contributed by atoms with van der Waals surface area (Å²) in [7, 11) is 4.18. The average Bonchev–Trinajstić information content (AvgIpc) is 2.95. The third-order valence-corrected chi connectivity index (χ3v) is 20.9. The second-order valence-corrected chi connectivity index (χ2v) is 20.8. The number of halogens is 1. The SMILES string of the molecule is CN(C)c1ccc(N=Nc2ccc(Br)cc2)[c]([Sn]([c]2ccccc2)([c]2ccccc2)[c]2ccccc2)c1. The molecule has 0 bridgehead atoms. The first-order valence-electron chi connectivity index (χ1n) is 12.2. The van der Waals surface area contributed by atoms with E-state index < -0.39 is 18.4 Å². The maximum atomic E-state index is 4.89. The van der Waals surface area contributed by atoms with Gasteiger partial charge in [0.25, 0.3) is 0 Å². The molecule has 0 spiro atoms. The summed E-state index contributed by atoms with van der Waals surface area (Å²) in [6.07, 6.45) is 0. The van der Waals surface area contributed by atoms with E-state index in [-0.39, 0.29) is 0 Å². The Morgan fingerprint density at radius 2 is 1.05 bits per heavy atom. The monoisotopic (exact) mass is 653 g/mol. The fourth-order valence-electron chi connectivity index (χ4n) is 4.84. The Hall–Kier alpha value is -3.22. The Balaban J connectivity index is 1.86. The van der Waals surface area contributed by atoms with E-state index in [0.29, 0.717) is 0 Å². The van der Waals surface area contributed by atoms with Gasteiger partial charge in [-0.1, -0.05) is 0 Å². The molecule has 0 aliphatic carbocycles. The molecule has 0 aliphatic rings. The number of hydrogen-bond acceptors (Lipinski definition) is 3. The maximum absolute atomic E-state index is 4.89. The molecule has 182 valence electrons. The summed E-state index contributed by atoms with van der Waals surface area (Å²) in [6.45, 7) is 0. The molecule has 0 amide bonds.